The van der Waals surface area contributed by atoms with Crippen molar-refractivity contribution in [3.8, 4) is 17.5 Å². The van der Waals surface area contributed by atoms with Gasteiger partial charge >= 0.3 is 0 Å². The predicted molar refractivity (Wildman–Crippen MR) is 125 cm³/mol. The van der Waals surface area contributed by atoms with Gasteiger partial charge in [-0.2, -0.15) is 10.2 Å². The number of piperidine rings is 1. The maximum Gasteiger partial charge on any atom is 0.244 e. The van der Waals surface area contributed by atoms with Gasteiger partial charge in [0.1, 0.15) is 5.82 Å². The Balaban J connectivity index is 1.24. The van der Waals surface area contributed by atoms with Crippen LogP contribution >= 0.6 is 0 Å². The van der Waals surface area contributed by atoms with Gasteiger partial charge in [0.2, 0.25) is 17.6 Å². The third kappa shape index (κ3) is 4.63. The number of hydrogen-bond acceptors (Lipinski definition) is 8. The van der Waals surface area contributed by atoms with E-state index in [1.807, 2.05) is 36.4 Å². The topological polar surface area (TPSA) is 125 Å². The van der Waals surface area contributed by atoms with Crippen molar-refractivity contribution in [2.75, 3.05) is 24.5 Å². The summed E-state index contributed by atoms with van der Waals surface area (Å²) in [6.45, 7) is 3.27. The Bertz CT molecular complexity index is 1180. The van der Waals surface area contributed by atoms with E-state index in [0.29, 0.717) is 17.3 Å². The molecule has 0 radical (unpaired) electrons. The van der Waals surface area contributed by atoms with Crippen LogP contribution in [0.25, 0.3) is 11.4 Å². The molecule has 2 fully saturated rings. The molecule has 0 aliphatic carbocycles. The number of amides is 1. The molecule has 34 heavy (non-hydrogen) atoms. The molecule has 1 aromatic carbocycles. The van der Waals surface area contributed by atoms with Crippen LogP contribution in [0.1, 0.15) is 48.7 Å². The number of pyridine rings is 1. The molecular weight excluding hydrogens is 430 g/mol. The highest BCUT2D eigenvalue weighted by molar-refractivity contribution is 5.77. The lowest BCUT2D eigenvalue weighted by molar-refractivity contribution is -0.122. The number of nitriles is 1. The third-order valence-electron chi connectivity index (χ3n) is 6.79. The molecule has 3 aromatic rings. The second-order valence-corrected chi connectivity index (χ2v) is 8.96. The fourth-order valence-corrected chi connectivity index (χ4v) is 4.80. The second kappa shape index (κ2) is 9.61. The van der Waals surface area contributed by atoms with Gasteiger partial charge in [0, 0.05) is 37.3 Å². The summed E-state index contributed by atoms with van der Waals surface area (Å²) in [6.07, 6.45) is 5.33. The fraction of sp³-hybridized carbons (Fsp3) is 0.400. The van der Waals surface area contributed by atoms with Crippen molar-refractivity contribution in [2.24, 2.45) is 11.7 Å². The number of hydrogen-bond donors (Lipinski definition) is 1. The quantitative estimate of drug-likeness (QED) is 0.599. The third-order valence-corrected chi connectivity index (χ3v) is 6.79. The Hall–Kier alpha value is -3.77. The van der Waals surface area contributed by atoms with E-state index < -0.39 is 0 Å². The number of carbonyl (C=O) groups is 1. The van der Waals surface area contributed by atoms with E-state index >= 15 is 0 Å². The summed E-state index contributed by atoms with van der Waals surface area (Å²) in [7, 11) is 0. The Morgan fingerprint density at radius 3 is 2.59 bits per heavy atom. The van der Waals surface area contributed by atoms with Crippen molar-refractivity contribution in [2.45, 2.75) is 38.3 Å². The molecule has 174 valence electrons. The van der Waals surface area contributed by atoms with Gasteiger partial charge in [0.05, 0.1) is 17.7 Å². The maximum atomic E-state index is 11.4. The van der Waals surface area contributed by atoms with Crippen molar-refractivity contribution < 1.29 is 9.32 Å². The lowest BCUT2D eigenvalue weighted by Crippen LogP contribution is -2.38. The summed E-state index contributed by atoms with van der Waals surface area (Å²) in [5.74, 6) is 1.78. The molecule has 2 aliphatic rings. The number of anilines is 1. The monoisotopic (exact) mass is 457 g/mol. The normalized spacial score (nSPS) is 19.3. The Morgan fingerprint density at radius 1 is 1.12 bits per heavy atom. The highest BCUT2D eigenvalue weighted by atomic mass is 16.5. The zero-order valence-electron chi connectivity index (χ0n) is 18.9. The zero-order valence-corrected chi connectivity index (χ0v) is 18.9. The van der Waals surface area contributed by atoms with Crippen LogP contribution in [0.15, 0.2) is 47.1 Å². The molecule has 2 saturated heterocycles. The average molecular weight is 458 g/mol. The molecule has 2 aliphatic heterocycles. The number of rotatable bonds is 6. The summed E-state index contributed by atoms with van der Waals surface area (Å²) < 4.78 is 5.66. The summed E-state index contributed by atoms with van der Waals surface area (Å²) in [6, 6.07) is 13.8. The van der Waals surface area contributed by atoms with E-state index in [-0.39, 0.29) is 17.9 Å². The van der Waals surface area contributed by atoms with Gasteiger partial charge in [-0.3, -0.25) is 9.69 Å². The molecule has 9 nitrogen and oxygen atoms in total. The number of nitrogens with zero attached hydrogens (tertiary/aromatic N) is 6. The standard InChI is InChI=1S/C25H27N7O2/c26-14-17-3-5-18(6-4-17)16-32-11-1-2-21(32)25-29-24(30-34-25)20-7-8-22(28-15-20)31-12-9-19(10-13-31)23(27)33/h3-8,15,19,21H,1-2,9-13,16H2,(H2,27,33)/t21-/m0/s1. The SMILES string of the molecule is N#Cc1ccc(CN2CCC[C@H]2c2nc(-c3ccc(N4CCC(C(N)=O)CC4)nc3)no2)cc1. The molecule has 0 unspecified atom stereocenters. The molecule has 2 aromatic heterocycles. The first-order valence-corrected chi connectivity index (χ1v) is 11.7. The lowest BCUT2D eigenvalue weighted by atomic mass is 9.96. The van der Waals surface area contributed by atoms with Gasteiger partial charge in [0.15, 0.2) is 0 Å². The molecule has 9 heteroatoms. The number of carbonyl (C=O) groups excluding carboxylic acids is 1. The van der Waals surface area contributed by atoms with Gasteiger partial charge in [-0.05, 0) is 62.1 Å². The molecule has 5 rings (SSSR count). The van der Waals surface area contributed by atoms with Gasteiger partial charge in [0.25, 0.3) is 0 Å². The van der Waals surface area contributed by atoms with Crippen LogP contribution in [0.5, 0.6) is 0 Å². The Labute approximate surface area is 198 Å². The molecule has 1 amide bonds. The first-order valence-electron chi connectivity index (χ1n) is 11.7. The number of aromatic nitrogens is 3. The summed E-state index contributed by atoms with van der Waals surface area (Å²) in [5.41, 5.74) is 8.06. The lowest BCUT2D eigenvalue weighted by Gasteiger charge is -2.31. The van der Waals surface area contributed by atoms with Gasteiger partial charge < -0.3 is 15.2 Å². The Morgan fingerprint density at radius 2 is 1.91 bits per heavy atom. The number of likely N-dealkylation sites (tertiary alicyclic amines) is 1. The van der Waals surface area contributed by atoms with E-state index in [9.17, 15) is 4.79 Å². The van der Waals surface area contributed by atoms with Crippen molar-refractivity contribution in [3.63, 3.8) is 0 Å². The number of nitrogens with two attached hydrogens (primary N) is 1. The smallest absolute Gasteiger partial charge is 0.244 e. The minimum atomic E-state index is -0.214. The molecule has 1 atom stereocenters. The summed E-state index contributed by atoms with van der Waals surface area (Å²) >= 11 is 0. The summed E-state index contributed by atoms with van der Waals surface area (Å²) in [4.78, 5) is 25.2. The van der Waals surface area contributed by atoms with Crippen molar-refractivity contribution in [1.82, 2.24) is 20.0 Å². The minimum absolute atomic E-state index is 0.0414. The summed E-state index contributed by atoms with van der Waals surface area (Å²) in [5, 5.41) is 13.2. The first kappa shape index (κ1) is 22.0. The van der Waals surface area contributed by atoms with Gasteiger partial charge in [-0.1, -0.05) is 17.3 Å². The van der Waals surface area contributed by atoms with E-state index in [1.165, 1.54) is 0 Å². The van der Waals surface area contributed by atoms with E-state index in [0.717, 1.165) is 68.8 Å². The van der Waals surface area contributed by atoms with Crippen molar-refractivity contribution in [3.05, 3.63) is 59.6 Å². The number of primary amides is 1. The Kier molecular flexibility index (Phi) is 6.23. The van der Waals surface area contributed by atoms with Crippen LogP contribution in [0.3, 0.4) is 0 Å². The molecular formula is C25H27N7O2. The molecule has 4 heterocycles. The predicted octanol–water partition coefficient (Wildman–Crippen LogP) is 3.04. The van der Waals surface area contributed by atoms with Gasteiger partial charge in [-0.15, -0.1) is 0 Å². The van der Waals surface area contributed by atoms with Crippen LogP contribution in [-0.4, -0.2) is 45.6 Å². The van der Waals surface area contributed by atoms with E-state index in [2.05, 4.69) is 31.0 Å². The average Bonchev–Trinajstić information content (AvgIpc) is 3.54. The molecule has 2 N–H and O–H groups in total. The van der Waals surface area contributed by atoms with E-state index in [1.54, 1.807) is 6.20 Å². The van der Waals surface area contributed by atoms with Crippen LogP contribution in [0.2, 0.25) is 0 Å². The maximum absolute atomic E-state index is 11.4. The fourth-order valence-electron chi connectivity index (χ4n) is 4.80. The van der Waals surface area contributed by atoms with Crippen LogP contribution in [0.4, 0.5) is 5.82 Å². The first-order chi connectivity index (χ1) is 16.6. The van der Waals surface area contributed by atoms with Crippen LogP contribution < -0.4 is 10.6 Å². The molecule has 0 spiro atoms. The minimum Gasteiger partial charge on any atom is -0.369 e. The second-order valence-electron chi connectivity index (χ2n) is 8.96. The van der Waals surface area contributed by atoms with Crippen LogP contribution in [-0.2, 0) is 11.3 Å². The highest BCUT2D eigenvalue weighted by Crippen LogP contribution is 2.33. The van der Waals surface area contributed by atoms with Crippen molar-refractivity contribution in [1.29, 1.82) is 5.26 Å². The highest BCUT2D eigenvalue weighted by Gasteiger charge is 2.31. The molecule has 0 bridgehead atoms. The largest absolute Gasteiger partial charge is 0.369 e. The molecule has 0 saturated carbocycles. The van der Waals surface area contributed by atoms with Crippen LogP contribution in [0, 0.1) is 17.2 Å². The van der Waals surface area contributed by atoms with Gasteiger partial charge in [-0.25, -0.2) is 4.98 Å². The van der Waals surface area contributed by atoms with Crippen molar-refractivity contribution >= 4 is 11.7 Å². The number of benzene rings is 1. The zero-order chi connectivity index (χ0) is 23.5. The van der Waals surface area contributed by atoms with E-state index in [4.69, 9.17) is 15.5 Å².